The Labute approximate surface area is 141 Å². The zero-order chi connectivity index (χ0) is 16.4. The molecule has 23 heavy (non-hydrogen) atoms. The minimum absolute atomic E-state index is 0.120. The Bertz CT molecular complexity index is 648. The van der Waals surface area contributed by atoms with Crippen molar-refractivity contribution in [2.24, 2.45) is 23.2 Å². The molecule has 0 saturated heterocycles. The van der Waals surface area contributed by atoms with Crippen molar-refractivity contribution in [3.05, 3.63) is 29.3 Å². The Hall–Kier alpha value is -1.00. The normalized spacial score (nSPS) is 45.0. The van der Waals surface area contributed by atoms with Gasteiger partial charge in [-0.25, -0.2) is 4.39 Å². The third kappa shape index (κ3) is 2.25. The number of alkyl halides is 1. The van der Waals surface area contributed by atoms with Crippen molar-refractivity contribution in [2.45, 2.75) is 50.8 Å². The number of aliphatic hydroxyl groups excluding tert-OH is 1. The molecule has 0 spiro atoms. The Kier molecular flexibility index (Phi) is 3.54. The summed E-state index contributed by atoms with van der Waals surface area (Å²) in [5.41, 5.74) is 1.95. The van der Waals surface area contributed by atoms with Gasteiger partial charge in [0.1, 0.15) is 11.9 Å². The van der Waals surface area contributed by atoms with Gasteiger partial charge in [0.2, 0.25) is 0 Å². The van der Waals surface area contributed by atoms with Crippen LogP contribution in [0.25, 0.3) is 0 Å². The molecule has 0 amide bonds. The minimum atomic E-state index is -0.910. The van der Waals surface area contributed by atoms with Crippen LogP contribution in [0.4, 0.5) is 4.39 Å². The number of aromatic hydroxyl groups is 1. The van der Waals surface area contributed by atoms with Crippen LogP contribution >= 0.6 is 12.2 Å². The van der Waals surface area contributed by atoms with Crippen LogP contribution in [-0.2, 0) is 6.42 Å². The van der Waals surface area contributed by atoms with Gasteiger partial charge >= 0.3 is 0 Å². The van der Waals surface area contributed by atoms with E-state index in [0.29, 0.717) is 18.8 Å². The number of benzene rings is 1. The van der Waals surface area contributed by atoms with Crippen molar-refractivity contribution in [1.82, 2.24) is 0 Å². The highest BCUT2D eigenvalue weighted by Crippen LogP contribution is 2.62. The SMILES string of the molecule is C[C@@]12C[C@@H](O)C[C@H]1[C@H]1[C@@H](c3ccc(O)cc3C[C@H]1C=S)[C@@H](F)C2. The first-order valence-corrected chi connectivity index (χ1v) is 8.99. The lowest BCUT2D eigenvalue weighted by Crippen LogP contribution is -2.49. The topological polar surface area (TPSA) is 40.5 Å². The molecule has 3 aliphatic carbocycles. The summed E-state index contributed by atoms with van der Waals surface area (Å²) in [4.78, 5) is 0. The molecule has 7 atom stereocenters. The largest absolute Gasteiger partial charge is 0.508 e. The summed E-state index contributed by atoms with van der Waals surface area (Å²) in [6, 6.07) is 5.32. The van der Waals surface area contributed by atoms with Crippen molar-refractivity contribution in [2.75, 3.05) is 0 Å². The molecule has 2 saturated carbocycles. The van der Waals surface area contributed by atoms with E-state index in [4.69, 9.17) is 12.2 Å². The minimum Gasteiger partial charge on any atom is -0.508 e. The summed E-state index contributed by atoms with van der Waals surface area (Å²) in [6.45, 7) is 2.14. The number of hydrogen-bond acceptors (Lipinski definition) is 3. The molecule has 1 aromatic rings. The van der Waals surface area contributed by atoms with Crippen molar-refractivity contribution in [1.29, 1.82) is 0 Å². The average Bonchev–Trinajstić information content (AvgIpc) is 2.79. The third-order valence-electron chi connectivity index (χ3n) is 6.66. The van der Waals surface area contributed by atoms with Crippen molar-refractivity contribution >= 4 is 17.6 Å². The Morgan fingerprint density at radius 3 is 2.87 bits per heavy atom. The second-order valence-corrected chi connectivity index (χ2v) is 8.34. The first-order chi connectivity index (χ1) is 10.9. The Morgan fingerprint density at radius 1 is 1.35 bits per heavy atom. The first-order valence-electron chi connectivity index (χ1n) is 8.52. The molecule has 2 N–H and O–H groups in total. The van der Waals surface area contributed by atoms with Crippen LogP contribution < -0.4 is 0 Å². The quantitative estimate of drug-likeness (QED) is 0.768. The van der Waals surface area contributed by atoms with Crippen LogP contribution in [-0.4, -0.2) is 27.9 Å². The van der Waals surface area contributed by atoms with Gasteiger partial charge in [0, 0.05) is 5.92 Å². The van der Waals surface area contributed by atoms with E-state index in [-0.39, 0.29) is 35.0 Å². The van der Waals surface area contributed by atoms with Crippen molar-refractivity contribution in [3.8, 4) is 5.75 Å². The van der Waals surface area contributed by atoms with Gasteiger partial charge < -0.3 is 10.2 Å². The smallest absolute Gasteiger partial charge is 0.115 e. The molecule has 3 aliphatic rings. The van der Waals surface area contributed by atoms with E-state index in [1.807, 2.05) is 6.07 Å². The summed E-state index contributed by atoms with van der Waals surface area (Å²) in [6.07, 6.45) is 1.52. The molecule has 124 valence electrons. The molecule has 2 nitrogen and oxygen atoms in total. The molecule has 1 aromatic carbocycles. The predicted molar refractivity (Wildman–Crippen MR) is 91.5 cm³/mol. The fourth-order valence-corrected chi connectivity index (χ4v) is 6.14. The number of hydrogen-bond donors (Lipinski definition) is 2. The lowest BCUT2D eigenvalue weighted by Gasteiger charge is -2.52. The molecular weight excluding hydrogens is 311 g/mol. The molecule has 0 aliphatic heterocycles. The highest BCUT2D eigenvalue weighted by molar-refractivity contribution is 7.79. The van der Waals surface area contributed by atoms with Crippen molar-refractivity contribution < 1.29 is 14.6 Å². The van der Waals surface area contributed by atoms with Crippen LogP contribution in [0.15, 0.2) is 18.2 Å². The number of halogens is 1. The summed E-state index contributed by atoms with van der Waals surface area (Å²) in [7, 11) is 0. The monoisotopic (exact) mass is 334 g/mol. The Morgan fingerprint density at radius 2 is 2.13 bits per heavy atom. The highest BCUT2D eigenvalue weighted by atomic mass is 32.1. The standard InChI is InChI=1S/C19H23FO2S/c1-19-7-13(22)6-15(19)17-11(9-23)4-10-5-12(21)2-3-14(10)18(17)16(20)8-19/h2-3,5,9,11,13,15-18,21-22H,4,6-8H2,1H3/t11-,13-,15-,16-,17-,18-,19-/m0/s1. The number of fused-ring (bicyclic) bond motifs is 5. The van der Waals surface area contributed by atoms with Gasteiger partial charge in [-0.2, -0.15) is 0 Å². The van der Waals surface area contributed by atoms with Gasteiger partial charge in [0.05, 0.1) is 6.10 Å². The summed E-state index contributed by atoms with van der Waals surface area (Å²) in [5, 5.41) is 21.8. The molecule has 4 heteroatoms. The van der Waals surface area contributed by atoms with E-state index in [1.165, 1.54) is 0 Å². The third-order valence-corrected chi connectivity index (χ3v) is 7.01. The van der Waals surface area contributed by atoms with Gasteiger partial charge in [0.15, 0.2) is 0 Å². The Balaban J connectivity index is 1.83. The number of phenolic OH excluding ortho intramolecular Hbond substituents is 1. The summed E-state index contributed by atoms with van der Waals surface area (Å²) >= 11 is 5.29. The van der Waals surface area contributed by atoms with Gasteiger partial charge in [-0.15, -0.1) is 0 Å². The van der Waals surface area contributed by atoms with Gasteiger partial charge in [-0.05, 0) is 77.5 Å². The second kappa shape index (κ2) is 5.25. The summed E-state index contributed by atoms with van der Waals surface area (Å²) in [5.74, 6) is 0.693. The summed E-state index contributed by atoms with van der Waals surface area (Å²) < 4.78 is 15.2. The lowest BCUT2D eigenvalue weighted by atomic mass is 9.52. The fraction of sp³-hybridized carbons (Fsp3) is 0.632. The highest BCUT2D eigenvalue weighted by Gasteiger charge is 2.58. The maximum Gasteiger partial charge on any atom is 0.115 e. The molecule has 0 aromatic heterocycles. The van der Waals surface area contributed by atoms with Gasteiger partial charge in [-0.3, -0.25) is 0 Å². The maximum atomic E-state index is 15.2. The van der Waals surface area contributed by atoms with Crippen molar-refractivity contribution in [3.63, 3.8) is 0 Å². The second-order valence-electron chi connectivity index (χ2n) is 8.06. The number of phenols is 1. The number of rotatable bonds is 1. The predicted octanol–water partition coefficient (Wildman–Crippen LogP) is 3.78. The molecule has 0 unspecified atom stereocenters. The van der Waals surface area contributed by atoms with E-state index < -0.39 is 6.17 Å². The number of thiocarbonyl (C=S) groups is 1. The molecule has 4 rings (SSSR count). The van der Waals surface area contributed by atoms with Gasteiger partial charge in [0.25, 0.3) is 0 Å². The van der Waals surface area contributed by atoms with Crippen LogP contribution in [0.2, 0.25) is 0 Å². The van der Waals surface area contributed by atoms with E-state index >= 15 is 4.39 Å². The van der Waals surface area contributed by atoms with Crippen LogP contribution in [0.3, 0.4) is 0 Å². The lowest BCUT2D eigenvalue weighted by molar-refractivity contribution is -0.00950. The van der Waals surface area contributed by atoms with Gasteiger partial charge in [-0.1, -0.05) is 25.2 Å². The molecule has 2 fully saturated rings. The van der Waals surface area contributed by atoms with Crippen LogP contribution in [0, 0.1) is 23.2 Å². The van der Waals surface area contributed by atoms with Crippen LogP contribution in [0.1, 0.15) is 43.2 Å². The van der Waals surface area contributed by atoms with E-state index in [9.17, 15) is 10.2 Å². The van der Waals surface area contributed by atoms with Crippen LogP contribution in [0.5, 0.6) is 5.75 Å². The maximum absolute atomic E-state index is 15.2. The van der Waals surface area contributed by atoms with E-state index in [2.05, 4.69) is 6.92 Å². The fourth-order valence-electron chi connectivity index (χ4n) is 5.86. The average molecular weight is 334 g/mol. The molecule has 0 heterocycles. The first kappa shape index (κ1) is 15.5. The van der Waals surface area contributed by atoms with E-state index in [1.54, 1.807) is 17.5 Å². The zero-order valence-corrected chi connectivity index (χ0v) is 14.1. The molecule has 0 radical (unpaired) electrons. The molecular formula is C19H23FO2S. The molecule has 0 bridgehead atoms. The number of aliphatic hydroxyl groups is 1. The van der Waals surface area contributed by atoms with E-state index in [0.717, 1.165) is 24.0 Å². The zero-order valence-electron chi connectivity index (χ0n) is 13.3.